The predicted octanol–water partition coefficient (Wildman–Crippen LogP) is 2.35. The van der Waals surface area contributed by atoms with Crippen molar-refractivity contribution in [2.75, 3.05) is 19.8 Å². The van der Waals surface area contributed by atoms with Crippen LogP contribution in [0.25, 0.3) is 0 Å². The molecule has 2 heterocycles. The van der Waals surface area contributed by atoms with Gasteiger partial charge in [0.1, 0.15) is 5.82 Å². The molecule has 0 saturated carbocycles. The van der Waals surface area contributed by atoms with Crippen LogP contribution in [0.3, 0.4) is 0 Å². The first kappa shape index (κ1) is 11.6. The summed E-state index contributed by atoms with van der Waals surface area (Å²) in [5.74, 6) is 0.0433. The van der Waals surface area contributed by atoms with E-state index in [0.717, 1.165) is 10.9 Å². The minimum atomic E-state index is -0.536. The van der Waals surface area contributed by atoms with E-state index in [0.29, 0.717) is 25.4 Å². The third-order valence-corrected chi connectivity index (χ3v) is 4.08. The quantitative estimate of drug-likeness (QED) is 0.864. The average Bonchev–Trinajstić information content (AvgIpc) is 2.77. The summed E-state index contributed by atoms with van der Waals surface area (Å²) in [4.78, 5) is 5.33. The number of hydroxylamine groups is 1. The Balaban J connectivity index is 2.08. The van der Waals surface area contributed by atoms with Crippen LogP contribution in [0.1, 0.15) is 12.0 Å². The summed E-state index contributed by atoms with van der Waals surface area (Å²) in [5.41, 5.74) is 3.05. The Labute approximate surface area is 107 Å². The van der Waals surface area contributed by atoms with Crippen molar-refractivity contribution >= 4 is 15.9 Å². The van der Waals surface area contributed by atoms with Gasteiger partial charge in [-0.2, -0.15) is 5.48 Å². The van der Waals surface area contributed by atoms with Crippen LogP contribution in [0.5, 0.6) is 0 Å². The van der Waals surface area contributed by atoms with Gasteiger partial charge in [0.05, 0.1) is 18.8 Å². The summed E-state index contributed by atoms with van der Waals surface area (Å²) in [6, 6.07) is 4.97. The van der Waals surface area contributed by atoms with Crippen molar-refractivity contribution in [1.82, 2.24) is 5.48 Å². The summed E-state index contributed by atoms with van der Waals surface area (Å²) in [5, 5.41) is 0. The first-order valence-electron chi connectivity index (χ1n) is 5.64. The standard InChI is InChI=1S/C12H13BrFNO2/c13-9-1-2-11(14)10(5-9)12-7-16-4-3-8(12)6-17-15-12/h1-2,5,8,15H,3-4,6-7H2. The SMILES string of the molecule is Fc1ccc(Br)cc1C12COCCC1CON2. The number of ether oxygens (including phenoxy) is 1. The average molecular weight is 302 g/mol. The van der Waals surface area contributed by atoms with Crippen LogP contribution in [-0.4, -0.2) is 19.8 Å². The number of benzene rings is 1. The zero-order valence-corrected chi connectivity index (χ0v) is 10.8. The van der Waals surface area contributed by atoms with Crippen LogP contribution in [0.4, 0.5) is 4.39 Å². The fourth-order valence-corrected chi connectivity index (χ4v) is 2.99. The highest BCUT2D eigenvalue weighted by Gasteiger charge is 2.49. The molecule has 0 amide bonds. The van der Waals surface area contributed by atoms with Gasteiger partial charge in [0, 0.05) is 22.6 Å². The summed E-state index contributed by atoms with van der Waals surface area (Å²) in [6.07, 6.45) is 0.888. The van der Waals surface area contributed by atoms with E-state index in [4.69, 9.17) is 9.57 Å². The summed E-state index contributed by atoms with van der Waals surface area (Å²) in [6.45, 7) is 1.77. The Hall–Kier alpha value is -0.490. The van der Waals surface area contributed by atoms with E-state index >= 15 is 0 Å². The molecule has 17 heavy (non-hydrogen) atoms. The summed E-state index contributed by atoms with van der Waals surface area (Å²) >= 11 is 3.38. The molecule has 3 nitrogen and oxygen atoms in total. The number of hydrogen-bond acceptors (Lipinski definition) is 3. The van der Waals surface area contributed by atoms with Gasteiger partial charge >= 0.3 is 0 Å². The first-order chi connectivity index (χ1) is 8.22. The zero-order chi connectivity index (χ0) is 11.9. The molecular formula is C12H13BrFNO2. The second-order valence-electron chi connectivity index (χ2n) is 4.55. The number of fused-ring (bicyclic) bond motifs is 1. The maximum Gasteiger partial charge on any atom is 0.128 e. The highest BCUT2D eigenvalue weighted by Crippen LogP contribution is 2.41. The molecule has 2 aliphatic rings. The lowest BCUT2D eigenvalue weighted by atomic mass is 9.77. The molecule has 5 heteroatoms. The van der Waals surface area contributed by atoms with E-state index in [2.05, 4.69) is 21.4 Å². The molecule has 0 radical (unpaired) electrons. The molecule has 0 aliphatic carbocycles. The number of nitrogens with one attached hydrogen (secondary N) is 1. The van der Waals surface area contributed by atoms with E-state index in [-0.39, 0.29) is 11.7 Å². The maximum atomic E-state index is 14.0. The molecule has 1 N–H and O–H groups in total. The van der Waals surface area contributed by atoms with Crippen LogP contribution in [0, 0.1) is 11.7 Å². The Morgan fingerprint density at radius 2 is 2.35 bits per heavy atom. The van der Waals surface area contributed by atoms with E-state index in [1.165, 1.54) is 6.07 Å². The maximum absolute atomic E-state index is 14.0. The molecule has 1 aromatic carbocycles. The van der Waals surface area contributed by atoms with Gasteiger partial charge in [0.15, 0.2) is 0 Å². The third kappa shape index (κ3) is 1.81. The molecule has 2 unspecified atom stereocenters. The molecule has 3 rings (SSSR count). The molecule has 2 atom stereocenters. The van der Waals surface area contributed by atoms with Gasteiger partial charge in [0.2, 0.25) is 0 Å². The molecular weight excluding hydrogens is 289 g/mol. The monoisotopic (exact) mass is 301 g/mol. The molecule has 1 aromatic rings. The largest absolute Gasteiger partial charge is 0.379 e. The van der Waals surface area contributed by atoms with Crippen LogP contribution in [0.15, 0.2) is 22.7 Å². The van der Waals surface area contributed by atoms with E-state index in [1.807, 2.05) is 0 Å². The van der Waals surface area contributed by atoms with Gasteiger partial charge in [-0.1, -0.05) is 15.9 Å². The molecule has 2 saturated heterocycles. The fourth-order valence-electron chi connectivity index (χ4n) is 2.62. The van der Waals surface area contributed by atoms with Gasteiger partial charge in [-0.25, -0.2) is 4.39 Å². The Kier molecular flexibility index (Phi) is 2.94. The van der Waals surface area contributed by atoms with Crippen LogP contribution < -0.4 is 5.48 Å². The molecule has 0 spiro atoms. The highest BCUT2D eigenvalue weighted by atomic mass is 79.9. The highest BCUT2D eigenvalue weighted by molar-refractivity contribution is 9.10. The summed E-state index contributed by atoms with van der Waals surface area (Å²) in [7, 11) is 0. The van der Waals surface area contributed by atoms with E-state index in [9.17, 15) is 4.39 Å². The lowest BCUT2D eigenvalue weighted by Crippen LogP contribution is -2.49. The normalized spacial score (nSPS) is 32.5. The van der Waals surface area contributed by atoms with Crippen molar-refractivity contribution in [3.8, 4) is 0 Å². The zero-order valence-electron chi connectivity index (χ0n) is 9.21. The molecule has 2 aliphatic heterocycles. The van der Waals surface area contributed by atoms with Crippen LogP contribution >= 0.6 is 15.9 Å². The van der Waals surface area contributed by atoms with Crippen LogP contribution in [-0.2, 0) is 15.1 Å². The van der Waals surface area contributed by atoms with Crippen molar-refractivity contribution < 1.29 is 14.0 Å². The van der Waals surface area contributed by atoms with Crippen molar-refractivity contribution in [2.24, 2.45) is 5.92 Å². The topological polar surface area (TPSA) is 30.5 Å². The first-order valence-corrected chi connectivity index (χ1v) is 6.44. The third-order valence-electron chi connectivity index (χ3n) is 3.59. The van der Waals surface area contributed by atoms with Crippen molar-refractivity contribution in [3.63, 3.8) is 0 Å². The predicted molar refractivity (Wildman–Crippen MR) is 63.8 cm³/mol. The molecule has 0 bridgehead atoms. The van der Waals surface area contributed by atoms with Gasteiger partial charge in [-0.3, -0.25) is 0 Å². The lowest BCUT2D eigenvalue weighted by Gasteiger charge is -2.37. The van der Waals surface area contributed by atoms with Gasteiger partial charge in [0.25, 0.3) is 0 Å². The Morgan fingerprint density at radius 1 is 1.47 bits per heavy atom. The van der Waals surface area contributed by atoms with Crippen molar-refractivity contribution in [2.45, 2.75) is 12.0 Å². The Morgan fingerprint density at radius 3 is 3.24 bits per heavy atom. The smallest absolute Gasteiger partial charge is 0.128 e. The molecule has 92 valence electrons. The molecule has 0 aromatic heterocycles. The van der Waals surface area contributed by atoms with Crippen molar-refractivity contribution in [1.29, 1.82) is 0 Å². The lowest BCUT2D eigenvalue weighted by molar-refractivity contribution is -0.0226. The van der Waals surface area contributed by atoms with Gasteiger partial charge in [-0.05, 0) is 24.6 Å². The number of rotatable bonds is 1. The summed E-state index contributed by atoms with van der Waals surface area (Å²) < 4.78 is 20.4. The minimum absolute atomic E-state index is 0.221. The second kappa shape index (κ2) is 4.31. The molecule has 2 fully saturated rings. The van der Waals surface area contributed by atoms with Crippen molar-refractivity contribution in [3.05, 3.63) is 34.1 Å². The second-order valence-corrected chi connectivity index (χ2v) is 5.46. The Bertz CT molecular complexity index is 443. The number of halogens is 2. The fraction of sp³-hybridized carbons (Fsp3) is 0.500. The van der Waals surface area contributed by atoms with Gasteiger partial charge in [-0.15, -0.1) is 0 Å². The minimum Gasteiger partial charge on any atom is -0.379 e. The van der Waals surface area contributed by atoms with E-state index in [1.54, 1.807) is 12.1 Å². The number of hydrogen-bond donors (Lipinski definition) is 1. The van der Waals surface area contributed by atoms with Gasteiger partial charge < -0.3 is 9.57 Å². The van der Waals surface area contributed by atoms with E-state index < -0.39 is 5.54 Å². The van der Waals surface area contributed by atoms with Crippen LogP contribution in [0.2, 0.25) is 0 Å².